The van der Waals surface area contributed by atoms with Gasteiger partial charge in [-0.3, -0.25) is 4.79 Å². The number of thiophene rings is 1. The van der Waals surface area contributed by atoms with E-state index < -0.39 is 48.3 Å². The number of amides is 1. The van der Waals surface area contributed by atoms with Crippen molar-refractivity contribution in [1.82, 2.24) is 19.9 Å². The summed E-state index contributed by atoms with van der Waals surface area (Å²) in [6, 6.07) is 1.98. The van der Waals surface area contributed by atoms with Crippen LogP contribution in [0, 0.1) is 6.92 Å². The van der Waals surface area contributed by atoms with Crippen molar-refractivity contribution in [2.75, 3.05) is 6.54 Å². The molecule has 0 aromatic carbocycles. The van der Waals surface area contributed by atoms with Gasteiger partial charge < -0.3 is 15.0 Å². The Hall–Kier alpha value is -2.67. The maximum Gasteiger partial charge on any atom is 0.433 e. The first kappa shape index (κ1) is 23.0. The lowest BCUT2D eigenvalue weighted by atomic mass is 9.97. The maximum atomic E-state index is 13.5. The predicted molar refractivity (Wildman–Crippen MR) is 99.5 cm³/mol. The number of hydrogen-bond donors (Lipinski definition) is 2. The smallest absolute Gasteiger partial charge is 0.374 e. The number of aliphatic hydroxyl groups is 1. The second-order valence-corrected chi connectivity index (χ2v) is 7.83. The lowest BCUT2D eigenvalue weighted by Crippen LogP contribution is -2.46. The third-order valence-corrected chi connectivity index (χ3v) is 5.93. The van der Waals surface area contributed by atoms with E-state index in [2.05, 4.69) is 15.3 Å². The molecule has 31 heavy (non-hydrogen) atoms. The van der Waals surface area contributed by atoms with Gasteiger partial charge in [0.2, 0.25) is 5.60 Å². The number of fused-ring (bicyclic) bond motifs is 1. The zero-order chi connectivity index (χ0) is 23.2. The molecule has 0 bridgehead atoms. The first-order chi connectivity index (χ1) is 14.3. The first-order valence-electron chi connectivity index (χ1n) is 8.78. The molecule has 1 unspecified atom stereocenters. The van der Waals surface area contributed by atoms with E-state index in [1.165, 1.54) is 26.2 Å². The van der Waals surface area contributed by atoms with Crippen molar-refractivity contribution < 1.29 is 36.2 Å². The van der Waals surface area contributed by atoms with Gasteiger partial charge in [-0.2, -0.15) is 26.3 Å². The molecule has 3 aromatic heterocycles. The molecule has 168 valence electrons. The Kier molecular flexibility index (Phi) is 5.78. The molecule has 3 heterocycles. The molecular weight excluding hydrogens is 450 g/mol. The van der Waals surface area contributed by atoms with Crippen molar-refractivity contribution >= 4 is 27.5 Å². The van der Waals surface area contributed by atoms with Crippen LogP contribution in [0.15, 0.2) is 24.5 Å². The summed E-state index contributed by atoms with van der Waals surface area (Å²) < 4.78 is 80.1. The quantitative estimate of drug-likeness (QED) is 0.559. The molecule has 13 heteroatoms. The Bertz CT molecular complexity index is 1120. The van der Waals surface area contributed by atoms with Crippen LogP contribution in [0.2, 0.25) is 0 Å². The topological polar surface area (TPSA) is 80.0 Å². The molecule has 0 aliphatic carbocycles. The van der Waals surface area contributed by atoms with Gasteiger partial charge in [-0.25, -0.2) is 9.97 Å². The van der Waals surface area contributed by atoms with Crippen molar-refractivity contribution in [3.63, 3.8) is 0 Å². The average molecular weight is 466 g/mol. The van der Waals surface area contributed by atoms with Crippen LogP contribution in [0.25, 0.3) is 10.2 Å². The number of imidazole rings is 1. The van der Waals surface area contributed by atoms with E-state index >= 15 is 0 Å². The zero-order valence-corrected chi connectivity index (χ0v) is 16.9. The highest BCUT2D eigenvalue weighted by atomic mass is 32.1. The van der Waals surface area contributed by atoms with Crippen molar-refractivity contribution in [2.24, 2.45) is 7.05 Å². The summed E-state index contributed by atoms with van der Waals surface area (Å²) in [6.45, 7) is 0.944. The number of aryl methyl sites for hydroxylation is 2. The van der Waals surface area contributed by atoms with E-state index in [4.69, 9.17) is 0 Å². The van der Waals surface area contributed by atoms with Crippen molar-refractivity contribution in [3.05, 3.63) is 46.5 Å². The third kappa shape index (κ3) is 4.24. The Balaban J connectivity index is 1.79. The van der Waals surface area contributed by atoms with E-state index in [0.717, 1.165) is 16.8 Å². The van der Waals surface area contributed by atoms with Crippen molar-refractivity contribution in [1.29, 1.82) is 0 Å². The first-order valence-corrected chi connectivity index (χ1v) is 9.60. The van der Waals surface area contributed by atoms with Gasteiger partial charge in [0.05, 0.1) is 4.88 Å². The number of nitrogens with one attached hydrogen (secondary N) is 1. The van der Waals surface area contributed by atoms with Crippen LogP contribution in [0.3, 0.4) is 0 Å². The van der Waals surface area contributed by atoms with E-state index in [0.29, 0.717) is 22.3 Å². The molecule has 3 aromatic rings. The number of aromatic nitrogens is 3. The van der Waals surface area contributed by atoms with Crippen LogP contribution < -0.4 is 5.32 Å². The molecule has 0 saturated carbocycles. The molecule has 0 radical (unpaired) electrons. The van der Waals surface area contributed by atoms with Crippen molar-refractivity contribution in [2.45, 2.75) is 31.3 Å². The molecule has 1 atom stereocenters. The van der Waals surface area contributed by atoms with E-state index in [1.54, 1.807) is 0 Å². The number of carbonyl (C=O) groups excluding carboxylic acids is 1. The largest absolute Gasteiger partial charge is 0.433 e. The van der Waals surface area contributed by atoms with Crippen LogP contribution in [0.5, 0.6) is 0 Å². The summed E-state index contributed by atoms with van der Waals surface area (Å²) in [4.78, 5) is 19.6. The predicted octanol–water partition coefficient (Wildman–Crippen LogP) is 3.93. The molecule has 1 amide bonds. The second-order valence-electron chi connectivity index (χ2n) is 6.83. The summed E-state index contributed by atoms with van der Waals surface area (Å²) in [7, 11) is 1.29. The minimum absolute atomic E-state index is 0.0164. The van der Waals surface area contributed by atoms with Crippen LogP contribution in [0.4, 0.5) is 26.3 Å². The van der Waals surface area contributed by atoms with Crippen LogP contribution in [-0.4, -0.2) is 38.3 Å². The highest BCUT2D eigenvalue weighted by Crippen LogP contribution is 2.40. The summed E-state index contributed by atoms with van der Waals surface area (Å²) >= 11 is 0.702. The Morgan fingerprint density at radius 3 is 2.45 bits per heavy atom. The Morgan fingerprint density at radius 1 is 1.23 bits per heavy atom. The van der Waals surface area contributed by atoms with Crippen LogP contribution >= 0.6 is 11.3 Å². The van der Waals surface area contributed by atoms with Gasteiger partial charge in [-0.1, -0.05) is 0 Å². The number of nitrogens with zero attached hydrogens (tertiary/aromatic N) is 3. The number of halogens is 6. The molecule has 0 spiro atoms. The van der Waals surface area contributed by atoms with Gasteiger partial charge in [0.25, 0.3) is 5.91 Å². The van der Waals surface area contributed by atoms with Crippen LogP contribution in [-0.2, 0) is 18.8 Å². The molecule has 3 rings (SSSR count). The number of carbonyl (C=O) groups is 1. The fourth-order valence-corrected chi connectivity index (χ4v) is 4.15. The van der Waals surface area contributed by atoms with E-state index in [-0.39, 0.29) is 9.71 Å². The lowest BCUT2D eigenvalue weighted by Gasteiger charge is -2.29. The third-order valence-electron chi connectivity index (χ3n) is 4.73. The Labute approximate surface area is 175 Å². The molecule has 0 fully saturated rings. The minimum Gasteiger partial charge on any atom is -0.374 e. The SMILES string of the molecule is Cc1c(C(=O)NCCC(O)(c2nccn2C)C(F)(F)F)sc2nc(C(F)(F)F)ccc12. The zero-order valence-electron chi connectivity index (χ0n) is 16.1. The standard InChI is InChI=1S/C18H16F6N4O2S/c1-9-10-3-4-11(17(19,20)21)27-14(10)31-12(9)13(29)25-6-5-16(30,18(22,23)24)15-26-7-8-28(15)2/h3-4,7-8,30H,5-6H2,1-2H3,(H,25,29). The number of rotatable bonds is 5. The molecular formula is C18H16F6N4O2S. The molecule has 6 nitrogen and oxygen atoms in total. The number of hydrogen-bond acceptors (Lipinski definition) is 5. The summed E-state index contributed by atoms with van der Waals surface area (Å²) in [6.07, 6.45) is -8.27. The Morgan fingerprint density at radius 2 is 1.90 bits per heavy atom. The van der Waals surface area contributed by atoms with Crippen LogP contribution in [0.1, 0.15) is 33.2 Å². The summed E-state index contributed by atoms with van der Waals surface area (Å²) in [5.41, 5.74) is -4.05. The highest BCUT2D eigenvalue weighted by Gasteiger charge is 2.57. The van der Waals surface area contributed by atoms with Gasteiger partial charge in [0.1, 0.15) is 16.3 Å². The molecule has 0 aliphatic rings. The van der Waals surface area contributed by atoms with Crippen molar-refractivity contribution in [3.8, 4) is 0 Å². The lowest BCUT2D eigenvalue weighted by molar-refractivity contribution is -0.272. The van der Waals surface area contributed by atoms with E-state index in [1.807, 2.05) is 0 Å². The fourth-order valence-electron chi connectivity index (χ4n) is 3.06. The van der Waals surface area contributed by atoms with E-state index in [9.17, 15) is 36.2 Å². The summed E-state index contributed by atoms with van der Waals surface area (Å²) in [5, 5.41) is 12.9. The summed E-state index contributed by atoms with van der Waals surface area (Å²) in [5.74, 6) is -1.41. The van der Waals surface area contributed by atoms with Gasteiger partial charge in [0.15, 0.2) is 0 Å². The van der Waals surface area contributed by atoms with Gasteiger partial charge in [0, 0.05) is 37.8 Å². The molecule has 2 N–H and O–H groups in total. The number of pyridine rings is 1. The highest BCUT2D eigenvalue weighted by molar-refractivity contribution is 7.20. The van der Waals surface area contributed by atoms with Gasteiger partial charge in [-0.05, 0) is 24.6 Å². The normalized spacial score (nSPS) is 14.6. The minimum atomic E-state index is -5.05. The molecule has 0 aliphatic heterocycles. The van der Waals surface area contributed by atoms with Gasteiger partial charge in [-0.15, -0.1) is 11.3 Å². The molecule has 0 saturated heterocycles. The second kappa shape index (κ2) is 7.79. The van der Waals surface area contributed by atoms with Gasteiger partial charge >= 0.3 is 12.4 Å². The average Bonchev–Trinajstić information content (AvgIpc) is 3.23. The monoisotopic (exact) mass is 466 g/mol. The maximum absolute atomic E-state index is 13.5. The number of alkyl halides is 6. The fraction of sp³-hybridized carbons (Fsp3) is 0.389.